The van der Waals surface area contributed by atoms with E-state index in [1.165, 1.54) is 11.1 Å². The SMILES string of the molecule is Cc1ccccc1CC(CO)Cc1nccs1. The lowest BCUT2D eigenvalue weighted by atomic mass is 9.94. The van der Waals surface area contributed by atoms with E-state index in [4.69, 9.17) is 0 Å². The molecule has 0 bridgehead atoms. The van der Waals surface area contributed by atoms with Gasteiger partial charge >= 0.3 is 0 Å². The van der Waals surface area contributed by atoms with E-state index in [2.05, 4.69) is 30.1 Å². The Morgan fingerprint density at radius 1 is 1.29 bits per heavy atom. The summed E-state index contributed by atoms with van der Waals surface area (Å²) in [5.74, 6) is 0.266. The predicted molar refractivity (Wildman–Crippen MR) is 71.3 cm³/mol. The molecule has 2 aromatic rings. The fourth-order valence-electron chi connectivity index (χ4n) is 1.95. The Hall–Kier alpha value is -1.19. The summed E-state index contributed by atoms with van der Waals surface area (Å²) in [6, 6.07) is 8.36. The van der Waals surface area contributed by atoms with Gasteiger partial charge in [-0.1, -0.05) is 24.3 Å². The maximum Gasteiger partial charge on any atom is 0.0928 e. The number of aromatic nitrogens is 1. The topological polar surface area (TPSA) is 33.1 Å². The van der Waals surface area contributed by atoms with E-state index >= 15 is 0 Å². The molecule has 3 heteroatoms. The van der Waals surface area contributed by atoms with Gasteiger partial charge in [0.05, 0.1) is 5.01 Å². The van der Waals surface area contributed by atoms with Gasteiger partial charge in [-0.15, -0.1) is 11.3 Å². The summed E-state index contributed by atoms with van der Waals surface area (Å²) >= 11 is 1.66. The van der Waals surface area contributed by atoms with Crippen molar-refractivity contribution in [2.45, 2.75) is 19.8 Å². The van der Waals surface area contributed by atoms with Crippen LogP contribution < -0.4 is 0 Å². The van der Waals surface area contributed by atoms with Crippen LogP contribution in [0.2, 0.25) is 0 Å². The fourth-order valence-corrected chi connectivity index (χ4v) is 2.68. The molecule has 0 radical (unpaired) electrons. The van der Waals surface area contributed by atoms with Crippen LogP contribution in [0.4, 0.5) is 0 Å². The highest BCUT2D eigenvalue weighted by Gasteiger charge is 2.12. The number of aliphatic hydroxyl groups is 1. The zero-order valence-corrected chi connectivity index (χ0v) is 10.8. The molecule has 1 aromatic carbocycles. The smallest absolute Gasteiger partial charge is 0.0928 e. The maximum absolute atomic E-state index is 9.45. The second-order valence-electron chi connectivity index (χ2n) is 4.31. The first-order valence-corrected chi connectivity index (χ1v) is 6.71. The summed E-state index contributed by atoms with van der Waals surface area (Å²) < 4.78 is 0. The van der Waals surface area contributed by atoms with Gasteiger partial charge in [0, 0.05) is 24.6 Å². The minimum atomic E-state index is 0.216. The zero-order valence-electron chi connectivity index (χ0n) is 9.97. The molecule has 2 nitrogen and oxygen atoms in total. The highest BCUT2D eigenvalue weighted by Crippen LogP contribution is 2.18. The number of hydrogen-bond donors (Lipinski definition) is 1. The molecule has 0 aliphatic carbocycles. The highest BCUT2D eigenvalue weighted by atomic mass is 32.1. The van der Waals surface area contributed by atoms with E-state index in [1.807, 2.05) is 17.6 Å². The third-order valence-corrected chi connectivity index (χ3v) is 3.78. The first-order chi connectivity index (χ1) is 8.29. The van der Waals surface area contributed by atoms with Gasteiger partial charge in [-0.05, 0) is 30.4 Å². The van der Waals surface area contributed by atoms with Crippen molar-refractivity contribution in [3.63, 3.8) is 0 Å². The van der Waals surface area contributed by atoms with E-state index < -0.39 is 0 Å². The standard InChI is InChI=1S/C14H17NOS/c1-11-4-2-3-5-13(11)8-12(10-16)9-14-15-6-7-17-14/h2-7,12,16H,8-10H2,1H3. The molecule has 0 amide bonds. The van der Waals surface area contributed by atoms with Gasteiger partial charge in [-0.3, -0.25) is 0 Å². The van der Waals surface area contributed by atoms with Gasteiger partial charge in [0.2, 0.25) is 0 Å². The second kappa shape index (κ2) is 5.94. The first kappa shape index (κ1) is 12.3. The lowest BCUT2D eigenvalue weighted by Gasteiger charge is -2.14. The number of hydrogen-bond acceptors (Lipinski definition) is 3. The van der Waals surface area contributed by atoms with Crippen LogP contribution in [0.15, 0.2) is 35.8 Å². The molecule has 17 heavy (non-hydrogen) atoms. The molecule has 1 unspecified atom stereocenters. The van der Waals surface area contributed by atoms with Crippen LogP contribution in [0.25, 0.3) is 0 Å². The second-order valence-corrected chi connectivity index (χ2v) is 5.29. The Morgan fingerprint density at radius 3 is 2.76 bits per heavy atom. The van der Waals surface area contributed by atoms with E-state index in [0.29, 0.717) is 0 Å². The van der Waals surface area contributed by atoms with Crippen molar-refractivity contribution in [3.8, 4) is 0 Å². The lowest BCUT2D eigenvalue weighted by Crippen LogP contribution is -2.13. The van der Waals surface area contributed by atoms with Gasteiger partial charge in [0.1, 0.15) is 0 Å². The molecule has 0 saturated carbocycles. The van der Waals surface area contributed by atoms with Gasteiger partial charge in [0.15, 0.2) is 0 Å². The molecule has 0 aliphatic rings. The zero-order chi connectivity index (χ0) is 12.1. The molecule has 2 rings (SSSR count). The van der Waals surface area contributed by atoms with E-state index in [9.17, 15) is 5.11 Å². The molecule has 0 saturated heterocycles. The number of thiazole rings is 1. The van der Waals surface area contributed by atoms with E-state index in [-0.39, 0.29) is 12.5 Å². The number of aryl methyl sites for hydroxylation is 1. The fraction of sp³-hybridized carbons (Fsp3) is 0.357. The largest absolute Gasteiger partial charge is 0.396 e. The predicted octanol–water partition coefficient (Wildman–Crippen LogP) is 2.85. The van der Waals surface area contributed by atoms with Crippen LogP contribution in [-0.2, 0) is 12.8 Å². The summed E-state index contributed by atoms with van der Waals surface area (Å²) in [6.07, 6.45) is 3.60. The lowest BCUT2D eigenvalue weighted by molar-refractivity contribution is 0.224. The van der Waals surface area contributed by atoms with Crippen LogP contribution in [-0.4, -0.2) is 16.7 Å². The van der Waals surface area contributed by atoms with Crippen molar-refractivity contribution >= 4 is 11.3 Å². The number of benzene rings is 1. The molecule has 90 valence electrons. The monoisotopic (exact) mass is 247 g/mol. The van der Waals surface area contributed by atoms with Crippen LogP contribution >= 0.6 is 11.3 Å². The third kappa shape index (κ3) is 3.38. The number of aliphatic hydroxyl groups excluding tert-OH is 1. The van der Waals surface area contributed by atoms with Crippen molar-refractivity contribution in [3.05, 3.63) is 52.0 Å². The Bertz CT molecular complexity index is 453. The Balaban J connectivity index is 2.03. The van der Waals surface area contributed by atoms with Crippen LogP contribution in [0.1, 0.15) is 16.1 Å². The summed E-state index contributed by atoms with van der Waals surface area (Å²) in [4.78, 5) is 4.28. The highest BCUT2D eigenvalue weighted by molar-refractivity contribution is 7.09. The molecule has 1 atom stereocenters. The summed E-state index contributed by atoms with van der Waals surface area (Å²) in [5, 5.41) is 12.5. The molecule has 1 N–H and O–H groups in total. The van der Waals surface area contributed by atoms with Crippen LogP contribution in [0.5, 0.6) is 0 Å². The van der Waals surface area contributed by atoms with Crippen molar-refractivity contribution in [1.82, 2.24) is 4.98 Å². The van der Waals surface area contributed by atoms with Crippen molar-refractivity contribution in [2.75, 3.05) is 6.61 Å². The average molecular weight is 247 g/mol. The van der Waals surface area contributed by atoms with Gasteiger partial charge < -0.3 is 5.11 Å². The molecular formula is C14H17NOS. The van der Waals surface area contributed by atoms with E-state index in [0.717, 1.165) is 17.8 Å². The maximum atomic E-state index is 9.45. The third-order valence-electron chi connectivity index (χ3n) is 2.97. The average Bonchev–Trinajstić information content (AvgIpc) is 2.84. The number of nitrogens with zero attached hydrogens (tertiary/aromatic N) is 1. The Kier molecular flexibility index (Phi) is 4.29. The summed E-state index contributed by atoms with van der Waals surface area (Å²) in [6.45, 7) is 2.33. The molecule has 1 aromatic heterocycles. The van der Waals surface area contributed by atoms with Gasteiger partial charge in [-0.25, -0.2) is 4.98 Å². The van der Waals surface area contributed by atoms with E-state index in [1.54, 1.807) is 11.3 Å². The van der Waals surface area contributed by atoms with Crippen molar-refractivity contribution < 1.29 is 5.11 Å². The molecule has 0 fully saturated rings. The molecule has 1 heterocycles. The molecule has 0 aliphatic heterocycles. The van der Waals surface area contributed by atoms with Gasteiger partial charge in [-0.2, -0.15) is 0 Å². The normalized spacial score (nSPS) is 12.6. The quantitative estimate of drug-likeness (QED) is 0.881. The Labute approximate surface area is 106 Å². The first-order valence-electron chi connectivity index (χ1n) is 5.83. The van der Waals surface area contributed by atoms with Gasteiger partial charge in [0.25, 0.3) is 0 Å². The van der Waals surface area contributed by atoms with Crippen molar-refractivity contribution in [2.24, 2.45) is 5.92 Å². The minimum absolute atomic E-state index is 0.216. The molecule has 0 spiro atoms. The van der Waals surface area contributed by atoms with Crippen LogP contribution in [0.3, 0.4) is 0 Å². The van der Waals surface area contributed by atoms with Crippen molar-refractivity contribution in [1.29, 1.82) is 0 Å². The Morgan fingerprint density at radius 2 is 2.12 bits per heavy atom. The minimum Gasteiger partial charge on any atom is -0.396 e. The summed E-state index contributed by atoms with van der Waals surface area (Å²) in [7, 11) is 0. The van der Waals surface area contributed by atoms with Crippen LogP contribution in [0, 0.1) is 12.8 Å². The number of rotatable bonds is 5. The molecular weight excluding hydrogens is 230 g/mol. The summed E-state index contributed by atoms with van der Waals surface area (Å²) in [5.41, 5.74) is 2.62.